The zero-order valence-electron chi connectivity index (χ0n) is 9.59. The van der Waals surface area contributed by atoms with Gasteiger partial charge in [-0.1, -0.05) is 29.3 Å². The third-order valence-electron chi connectivity index (χ3n) is 2.11. The first-order valence-electron chi connectivity index (χ1n) is 5.08. The normalized spacial score (nSPS) is 10.2. The molecular formula is C11H12Cl2N2O3. The molecule has 3 N–H and O–H groups in total. The van der Waals surface area contributed by atoms with Crippen molar-refractivity contribution in [2.75, 3.05) is 18.4 Å². The van der Waals surface area contributed by atoms with Crippen LogP contribution in [0.15, 0.2) is 12.1 Å². The largest absolute Gasteiger partial charge is 0.480 e. The van der Waals surface area contributed by atoms with Crippen molar-refractivity contribution in [2.24, 2.45) is 0 Å². The predicted molar refractivity (Wildman–Crippen MR) is 70.3 cm³/mol. The summed E-state index contributed by atoms with van der Waals surface area (Å²) in [5.41, 5.74) is 1.12. The summed E-state index contributed by atoms with van der Waals surface area (Å²) in [6.07, 6.45) is 0. The van der Waals surface area contributed by atoms with Crippen molar-refractivity contribution in [3.05, 3.63) is 27.7 Å². The van der Waals surface area contributed by atoms with Gasteiger partial charge in [0.15, 0.2) is 0 Å². The summed E-state index contributed by atoms with van der Waals surface area (Å²) < 4.78 is 0. The zero-order valence-corrected chi connectivity index (χ0v) is 11.1. The maximum atomic E-state index is 11.5. The summed E-state index contributed by atoms with van der Waals surface area (Å²) in [6.45, 7) is 1.37. The predicted octanol–water partition coefficient (Wildman–Crippen LogP) is 1.91. The average Bonchev–Trinajstić information content (AvgIpc) is 2.29. The van der Waals surface area contributed by atoms with Crippen LogP contribution in [0.2, 0.25) is 10.0 Å². The SMILES string of the molecule is Cc1ccc(Cl)c(NC(=O)CNCC(=O)O)c1Cl. The average molecular weight is 291 g/mol. The summed E-state index contributed by atoms with van der Waals surface area (Å²) in [6, 6.07) is 3.37. The number of anilines is 1. The Labute approximate surface area is 114 Å². The van der Waals surface area contributed by atoms with E-state index in [4.69, 9.17) is 28.3 Å². The smallest absolute Gasteiger partial charge is 0.317 e. The highest BCUT2D eigenvalue weighted by Gasteiger charge is 2.11. The Morgan fingerprint density at radius 3 is 2.56 bits per heavy atom. The van der Waals surface area contributed by atoms with E-state index in [0.29, 0.717) is 15.7 Å². The van der Waals surface area contributed by atoms with E-state index in [0.717, 1.165) is 5.56 Å². The van der Waals surface area contributed by atoms with Gasteiger partial charge in [0, 0.05) is 0 Å². The van der Waals surface area contributed by atoms with Crippen LogP contribution in [0.3, 0.4) is 0 Å². The van der Waals surface area contributed by atoms with Gasteiger partial charge in [0.1, 0.15) is 0 Å². The van der Waals surface area contributed by atoms with Crippen molar-refractivity contribution < 1.29 is 14.7 Å². The number of halogens is 2. The van der Waals surface area contributed by atoms with Crippen LogP contribution in [-0.2, 0) is 9.59 Å². The van der Waals surface area contributed by atoms with Gasteiger partial charge in [0.25, 0.3) is 0 Å². The van der Waals surface area contributed by atoms with E-state index >= 15 is 0 Å². The molecule has 0 fully saturated rings. The van der Waals surface area contributed by atoms with Gasteiger partial charge in [-0.25, -0.2) is 0 Å². The van der Waals surface area contributed by atoms with Crippen LogP contribution < -0.4 is 10.6 Å². The van der Waals surface area contributed by atoms with E-state index < -0.39 is 11.9 Å². The first kappa shape index (κ1) is 14.8. The molecule has 1 rings (SSSR count). The summed E-state index contributed by atoms with van der Waals surface area (Å²) in [5.74, 6) is -1.44. The Kier molecular flexibility index (Phi) is 5.40. The minimum absolute atomic E-state index is 0.132. The summed E-state index contributed by atoms with van der Waals surface area (Å²) in [4.78, 5) is 21.8. The minimum atomic E-state index is -1.03. The number of benzene rings is 1. The van der Waals surface area contributed by atoms with Crippen LogP contribution in [0, 0.1) is 6.92 Å². The maximum absolute atomic E-state index is 11.5. The number of aliphatic carboxylic acids is 1. The number of carboxylic acid groups (broad SMARTS) is 1. The number of hydrogen-bond donors (Lipinski definition) is 3. The molecule has 98 valence electrons. The van der Waals surface area contributed by atoms with Crippen LogP contribution in [-0.4, -0.2) is 30.1 Å². The van der Waals surface area contributed by atoms with E-state index in [9.17, 15) is 9.59 Å². The molecule has 0 heterocycles. The van der Waals surface area contributed by atoms with E-state index in [1.807, 2.05) is 0 Å². The van der Waals surface area contributed by atoms with Gasteiger partial charge in [0.2, 0.25) is 5.91 Å². The number of carboxylic acids is 1. The molecular weight excluding hydrogens is 279 g/mol. The van der Waals surface area contributed by atoms with E-state index in [-0.39, 0.29) is 13.1 Å². The van der Waals surface area contributed by atoms with Crippen LogP contribution >= 0.6 is 23.2 Å². The maximum Gasteiger partial charge on any atom is 0.317 e. The number of aryl methyl sites for hydroxylation is 1. The molecule has 7 heteroatoms. The van der Waals surface area contributed by atoms with Crippen molar-refractivity contribution >= 4 is 40.8 Å². The lowest BCUT2D eigenvalue weighted by atomic mass is 10.2. The molecule has 0 spiro atoms. The zero-order chi connectivity index (χ0) is 13.7. The number of hydrogen-bond acceptors (Lipinski definition) is 3. The topological polar surface area (TPSA) is 78.4 Å². The van der Waals surface area contributed by atoms with Crippen LogP contribution in [0.1, 0.15) is 5.56 Å². The van der Waals surface area contributed by atoms with Crippen LogP contribution in [0.25, 0.3) is 0 Å². The number of rotatable bonds is 5. The van der Waals surface area contributed by atoms with Gasteiger partial charge in [-0.05, 0) is 18.6 Å². The molecule has 5 nitrogen and oxygen atoms in total. The molecule has 0 aliphatic rings. The molecule has 0 bridgehead atoms. The van der Waals surface area contributed by atoms with Gasteiger partial charge in [-0.2, -0.15) is 0 Å². The van der Waals surface area contributed by atoms with Gasteiger partial charge < -0.3 is 10.4 Å². The second-order valence-corrected chi connectivity index (χ2v) is 4.38. The summed E-state index contributed by atoms with van der Waals surface area (Å²) in [5, 5.41) is 14.1. The lowest BCUT2D eigenvalue weighted by Gasteiger charge is -2.11. The molecule has 0 saturated heterocycles. The highest BCUT2D eigenvalue weighted by Crippen LogP contribution is 2.32. The molecule has 0 aliphatic heterocycles. The molecule has 1 aromatic rings. The molecule has 0 unspecified atom stereocenters. The second kappa shape index (κ2) is 6.58. The Balaban J connectivity index is 2.65. The Hall–Kier alpha value is -1.30. The molecule has 0 aliphatic carbocycles. The number of amides is 1. The molecule has 0 aromatic heterocycles. The number of carbonyl (C=O) groups excluding carboxylic acids is 1. The van der Waals surface area contributed by atoms with Crippen LogP contribution in [0.4, 0.5) is 5.69 Å². The van der Waals surface area contributed by atoms with E-state index in [2.05, 4.69) is 10.6 Å². The number of carbonyl (C=O) groups is 2. The number of nitrogens with one attached hydrogen (secondary N) is 2. The first-order chi connectivity index (χ1) is 8.41. The molecule has 0 saturated carbocycles. The minimum Gasteiger partial charge on any atom is -0.480 e. The van der Waals surface area contributed by atoms with Crippen LogP contribution in [0.5, 0.6) is 0 Å². The van der Waals surface area contributed by atoms with Crippen molar-refractivity contribution in [1.82, 2.24) is 5.32 Å². The Morgan fingerprint density at radius 2 is 1.94 bits per heavy atom. The molecule has 1 aromatic carbocycles. The second-order valence-electron chi connectivity index (χ2n) is 3.60. The standard InChI is InChI=1S/C11H12Cl2N2O3/c1-6-2-3-7(12)11(10(6)13)15-8(16)4-14-5-9(17)18/h2-3,14H,4-5H2,1H3,(H,15,16)(H,17,18). The van der Waals surface area contributed by atoms with E-state index in [1.54, 1.807) is 19.1 Å². The van der Waals surface area contributed by atoms with Crippen molar-refractivity contribution in [2.45, 2.75) is 6.92 Å². The lowest BCUT2D eigenvalue weighted by Crippen LogP contribution is -2.32. The molecule has 0 atom stereocenters. The fourth-order valence-electron chi connectivity index (χ4n) is 1.24. The summed E-state index contributed by atoms with van der Waals surface area (Å²) >= 11 is 11.9. The highest BCUT2D eigenvalue weighted by molar-refractivity contribution is 6.40. The molecule has 1 amide bonds. The molecule has 18 heavy (non-hydrogen) atoms. The fraction of sp³-hybridized carbons (Fsp3) is 0.273. The first-order valence-corrected chi connectivity index (χ1v) is 5.84. The Bertz CT molecular complexity index is 478. The van der Waals surface area contributed by atoms with Crippen molar-refractivity contribution in [3.63, 3.8) is 0 Å². The fourth-order valence-corrected chi connectivity index (χ4v) is 1.70. The summed E-state index contributed by atoms with van der Waals surface area (Å²) in [7, 11) is 0. The lowest BCUT2D eigenvalue weighted by molar-refractivity contribution is -0.135. The third-order valence-corrected chi connectivity index (χ3v) is 2.91. The van der Waals surface area contributed by atoms with Gasteiger partial charge in [-0.15, -0.1) is 0 Å². The highest BCUT2D eigenvalue weighted by atomic mass is 35.5. The Morgan fingerprint density at radius 1 is 1.28 bits per heavy atom. The van der Waals surface area contributed by atoms with Gasteiger partial charge in [-0.3, -0.25) is 14.9 Å². The van der Waals surface area contributed by atoms with Crippen molar-refractivity contribution in [1.29, 1.82) is 0 Å². The van der Waals surface area contributed by atoms with E-state index in [1.165, 1.54) is 0 Å². The third kappa shape index (κ3) is 4.18. The quantitative estimate of drug-likeness (QED) is 0.774. The van der Waals surface area contributed by atoms with Gasteiger partial charge in [0.05, 0.1) is 28.8 Å². The van der Waals surface area contributed by atoms with Crippen molar-refractivity contribution in [3.8, 4) is 0 Å². The molecule has 0 radical (unpaired) electrons. The monoisotopic (exact) mass is 290 g/mol. The van der Waals surface area contributed by atoms with Gasteiger partial charge >= 0.3 is 5.97 Å².